The molecule has 2 aliphatic rings. The average molecular weight is 352 g/mol. The lowest BCUT2D eigenvalue weighted by Crippen LogP contribution is -2.48. The minimum absolute atomic E-state index is 0.219. The van der Waals surface area contributed by atoms with Gasteiger partial charge in [-0.1, -0.05) is 35.9 Å². The first-order valence-electron chi connectivity index (χ1n) is 9.11. The molecule has 2 aromatic carbocycles. The number of hydrogen-bond donors (Lipinski definition) is 0. The van der Waals surface area contributed by atoms with Crippen molar-refractivity contribution in [3.05, 3.63) is 59.2 Å². The quantitative estimate of drug-likeness (QED) is 0.848. The zero-order valence-electron chi connectivity index (χ0n) is 15.1. The lowest BCUT2D eigenvalue weighted by Gasteiger charge is -2.35. The van der Waals surface area contributed by atoms with Gasteiger partial charge in [0, 0.05) is 32.7 Å². The zero-order chi connectivity index (χ0) is 17.9. The number of hydrogen-bond acceptors (Lipinski definition) is 4. The fourth-order valence-electron chi connectivity index (χ4n) is 3.45. The molecular formula is C21H24N2O3. The van der Waals surface area contributed by atoms with Crippen molar-refractivity contribution < 1.29 is 14.3 Å². The summed E-state index contributed by atoms with van der Waals surface area (Å²) in [6.45, 7) is 6.61. The van der Waals surface area contributed by atoms with E-state index < -0.39 is 0 Å². The number of amides is 1. The number of aryl methyl sites for hydroxylation is 1. The molecule has 136 valence electrons. The van der Waals surface area contributed by atoms with Gasteiger partial charge in [0.15, 0.2) is 11.5 Å². The molecule has 0 radical (unpaired) electrons. The predicted molar refractivity (Wildman–Crippen MR) is 99.3 cm³/mol. The van der Waals surface area contributed by atoms with Crippen molar-refractivity contribution in [2.24, 2.45) is 0 Å². The molecule has 1 amide bonds. The van der Waals surface area contributed by atoms with Gasteiger partial charge < -0.3 is 14.4 Å². The van der Waals surface area contributed by atoms with Crippen LogP contribution in [0.15, 0.2) is 42.5 Å². The molecule has 0 N–H and O–H groups in total. The Kier molecular flexibility index (Phi) is 4.80. The Morgan fingerprint density at radius 2 is 1.62 bits per heavy atom. The van der Waals surface area contributed by atoms with E-state index in [1.807, 2.05) is 23.1 Å². The molecule has 0 aliphatic carbocycles. The van der Waals surface area contributed by atoms with Gasteiger partial charge >= 0.3 is 0 Å². The van der Waals surface area contributed by atoms with Crippen LogP contribution < -0.4 is 9.47 Å². The van der Waals surface area contributed by atoms with Gasteiger partial charge in [-0.2, -0.15) is 0 Å². The molecule has 0 saturated carbocycles. The fraction of sp³-hybridized carbons (Fsp3) is 0.381. The average Bonchev–Trinajstić information content (AvgIpc) is 3.12. The van der Waals surface area contributed by atoms with Crippen molar-refractivity contribution in [3.63, 3.8) is 0 Å². The molecule has 0 aromatic heterocycles. The summed E-state index contributed by atoms with van der Waals surface area (Å²) in [7, 11) is 0. The molecule has 2 aliphatic heterocycles. The van der Waals surface area contributed by atoms with Crippen LogP contribution >= 0.6 is 0 Å². The highest BCUT2D eigenvalue weighted by Crippen LogP contribution is 2.32. The highest BCUT2D eigenvalue weighted by atomic mass is 16.7. The molecule has 0 bridgehead atoms. The van der Waals surface area contributed by atoms with Crippen molar-refractivity contribution >= 4 is 5.91 Å². The number of ether oxygens (including phenoxy) is 2. The van der Waals surface area contributed by atoms with Crippen molar-refractivity contribution in [3.8, 4) is 11.5 Å². The smallest absolute Gasteiger partial charge is 0.231 e. The monoisotopic (exact) mass is 352 g/mol. The van der Waals surface area contributed by atoms with E-state index in [0.717, 1.165) is 49.8 Å². The van der Waals surface area contributed by atoms with Crippen LogP contribution in [0.25, 0.3) is 0 Å². The Hall–Kier alpha value is -2.53. The second-order valence-corrected chi connectivity index (χ2v) is 7.01. The molecule has 1 fully saturated rings. The Labute approximate surface area is 154 Å². The minimum atomic E-state index is 0.219. The van der Waals surface area contributed by atoms with Crippen LogP contribution in [0, 0.1) is 6.92 Å². The van der Waals surface area contributed by atoms with Crippen LogP contribution in [0.3, 0.4) is 0 Å². The second kappa shape index (κ2) is 7.38. The van der Waals surface area contributed by atoms with Crippen LogP contribution in [0.1, 0.15) is 16.7 Å². The number of carbonyl (C=O) groups excluding carboxylic acids is 1. The Bertz CT molecular complexity index is 780. The molecule has 2 heterocycles. The van der Waals surface area contributed by atoms with Gasteiger partial charge in [0.1, 0.15) is 0 Å². The first kappa shape index (κ1) is 16.9. The summed E-state index contributed by atoms with van der Waals surface area (Å²) in [5.74, 6) is 1.87. The Balaban J connectivity index is 1.28. The zero-order valence-corrected chi connectivity index (χ0v) is 15.1. The number of piperazine rings is 1. The molecule has 5 heteroatoms. The van der Waals surface area contributed by atoms with E-state index in [1.54, 1.807) is 0 Å². The number of carbonyl (C=O) groups is 1. The molecular weight excluding hydrogens is 328 g/mol. The first-order chi connectivity index (χ1) is 12.7. The van der Waals surface area contributed by atoms with Crippen LogP contribution in [0.4, 0.5) is 0 Å². The van der Waals surface area contributed by atoms with E-state index in [-0.39, 0.29) is 5.91 Å². The van der Waals surface area contributed by atoms with E-state index in [2.05, 4.69) is 36.1 Å². The molecule has 0 unspecified atom stereocenters. The van der Waals surface area contributed by atoms with Gasteiger partial charge in [0.2, 0.25) is 12.7 Å². The summed E-state index contributed by atoms with van der Waals surface area (Å²) in [5.41, 5.74) is 3.52. The first-order valence-corrected chi connectivity index (χ1v) is 9.11. The summed E-state index contributed by atoms with van der Waals surface area (Å²) >= 11 is 0. The summed E-state index contributed by atoms with van der Waals surface area (Å²) in [4.78, 5) is 16.9. The number of fused-ring (bicyclic) bond motifs is 1. The van der Waals surface area contributed by atoms with Crippen LogP contribution in [-0.4, -0.2) is 48.7 Å². The molecule has 4 rings (SSSR count). The summed E-state index contributed by atoms with van der Waals surface area (Å²) < 4.78 is 10.8. The third-order valence-corrected chi connectivity index (χ3v) is 5.04. The predicted octanol–water partition coefficient (Wildman–Crippen LogP) is 2.61. The third-order valence-electron chi connectivity index (χ3n) is 5.04. The van der Waals surface area contributed by atoms with Gasteiger partial charge in [0.05, 0.1) is 6.42 Å². The van der Waals surface area contributed by atoms with Crippen LogP contribution in [0.5, 0.6) is 11.5 Å². The summed E-state index contributed by atoms with van der Waals surface area (Å²) in [5, 5.41) is 0. The lowest BCUT2D eigenvalue weighted by atomic mass is 10.1. The van der Waals surface area contributed by atoms with Crippen molar-refractivity contribution in [1.82, 2.24) is 9.80 Å². The normalized spacial score (nSPS) is 16.7. The highest BCUT2D eigenvalue weighted by molar-refractivity contribution is 5.78. The SMILES string of the molecule is Cc1ccc(CC(=O)N2CCN(Cc3ccc4c(c3)OCO4)CC2)cc1. The summed E-state index contributed by atoms with van der Waals surface area (Å²) in [6, 6.07) is 14.3. The van der Waals surface area contributed by atoms with E-state index >= 15 is 0 Å². The highest BCUT2D eigenvalue weighted by Gasteiger charge is 2.22. The maximum atomic E-state index is 12.5. The fourth-order valence-corrected chi connectivity index (χ4v) is 3.45. The molecule has 0 atom stereocenters. The Morgan fingerprint density at radius 1 is 0.923 bits per heavy atom. The molecule has 2 aromatic rings. The standard InChI is InChI=1S/C21H24N2O3/c1-16-2-4-17(5-3-16)13-21(24)23-10-8-22(9-11-23)14-18-6-7-19-20(12-18)26-15-25-19/h2-7,12H,8-11,13-15H2,1H3. The molecule has 26 heavy (non-hydrogen) atoms. The molecule has 5 nitrogen and oxygen atoms in total. The van der Waals surface area contributed by atoms with Crippen LogP contribution in [-0.2, 0) is 17.8 Å². The van der Waals surface area contributed by atoms with E-state index in [1.165, 1.54) is 11.1 Å². The second-order valence-electron chi connectivity index (χ2n) is 7.01. The van der Waals surface area contributed by atoms with E-state index in [4.69, 9.17) is 9.47 Å². The topological polar surface area (TPSA) is 42.0 Å². The van der Waals surface area contributed by atoms with Crippen molar-refractivity contribution in [2.75, 3.05) is 33.0 Å². The molecule has 1 saturated heterocycles. The minimum Gasteiger partial charge on any atom is -0.454 e. The van der Waals surface area contributed by atoms with Gasteiger partial charge in [0.25, 0.3) is 0 Å². The van der Waals surface area contributed by atoms with Gasteiger partial charge in [-0.15, -0.1) is 0 Å². The lowest BCUT2D eigenvalue weighted by molar-refractivity contribution is -0.132. The number of nitrogens with zero attached hydrogens (tertiary/aromatic N) is 2. The maximum Gasteiger partial charge on any atom is 0.231 e. The van der Waals surface area contributed by atoms with Gasteiger partial charge in [-0.3, -0.25) is 9.69 Å². The third kappa shape index (κ3) is 3.83. The molecule has 0 spiro atoms. The Morgan fingerprint density at radius 3 is 2.38 bits per heavy atom. The van der Waals surface area contributed by atoms with Crippen LogP contribution in [0.2, 0.25) is 0 Å². The van der Waals surface area contributed by atoms with E-state index in [9.17, 15) is 4.79 Å². The summed E-state index contributed by atoms with van der Waals surface area (Å²) in [6.07, 6.45) is 0.489. The van der Waals surface area contributed by atoms with E-state index in [0.29, 0.717) is 13.2 Å². The number of benzene rings is 2. The van der Waals surface area contributed by atoms with Gasteiger partial charge in [-0.05, 0) is 30.2 Å². The maximum absolute atomic E-state index is 12.5. The van der Waals surface area contributed by atoms with Gasteiger partial charge in [-0.25, -0.2) is 0 Å². The van der Waals surface area contributed by atoms with Crippen molar-refractivity contribution in [1.29, 1.82) is 0 Å². The number of rotatable bonds is 4. The van der Waals surface area contributed by atoms with Crippen molar-refractivity contribution in [2.45, 2.75) is 19.9 Å². The largest absolute Gasteiger partial charge is 0.454 e.